The summed E-state index contributed by atoms with van der Waals surface area (Å²) in [5.41, 5.74) is 0. The Hall–Kier alpha value is -0.0331. The van der Waals surface area contributed by atoms with Gasteiger partial charge in [0.15, 0.2) is 0 Å². The molecule has 0 aliphatic carbocycles. The van der Waals surface area contributed by atoms with Gasteiger partial charge < -0.3 is 5.21 Å². The molecule has 0 saturated heterocycles. The lowest BCUT2D eigenvalue weighted by molar-refractivity contribution is -0.359. The standard InChI is InChI=1S/H4N2OSSi/c3-2(5)1-4/h4H,5H3. The Bertz CT molecular complexity index is 47.6. The zero-order valence-corrected chi connectivity index (χ0v) is 5.64. The van der Waals surface area contributed by atoms with Gasteiger partial charge >= 0.3 is 10.4 Å². The van der Waals surface area contributed by atoms with Gasteiger partial charge in [0, 0.05) is 17.3 Å². The molecule has 0 amide bonds. The summed E-state index contributed by atoms with van der Waals surface area (Å²) in [6, 6.07) is 0. The smallest absolute Gasteiger partial charge is 0.355 e. The van der Waals surface area contributed by atoms with Gasteiger partial charge in [-0.2, -0.15) is 4.53 Å². The molecular formula is H4N2OSSi. The van der Waals surface area contributed by atoms with Crippen LogP contribution >= 0.6 is 12.8 Å². The van der Waals surface area contributed by atoms with Crippen molar-refractivity contribution in [1.82, 2.24) is 0 Å². The predicted octanol–water partition coefficient (Wildman–Crippen LogP) is -0.926. The fourth-order valence-electron chi connectivity index (χ4n) is 0. The third-order valence-corrected chi connectivity index (χ3v) is 0.915. The molecule has 30 valence electrons. The SMILES string of the molecule is [O-][N+]([SiH3])=NS. The van der Waals surface area contributed by atoms with Crippen molar-refractivity contribution in [3.8, 4) is 0 Å². The maximum atomic E-state index is 9.55. The zero-order chi connectivity index (χ0) is 4.28. The Labute approximate surface area is 38.3 Å². The van der Waals surface area contributed by atoms with Crippen LogP contribution in [-0.4, -0.2) is 14.9 Å². The summed E-state index contributed by atoms with van der Waals surface area (Å²) in [6.45, 7) is 0. The molecule has 0 aliphatic rings. The van der Waals surface area contributed by atoms with Gasteiger partial charge in [-0.15, -0.1) is 0 Å². The molecule has 0 unspecified atom stereocenters. The Morgan fingerprint density at radius 1 is 2.00 bits per heavy atom. The molecule has 0 saturated carbocycles. The van der Waals surface area contributed by atoms with E-state index in [1.54, 1.807) is 0 Å². The van der Waals surface area contributed by atoms with Crippen molar-refractivity contribution in [2.75, 3.05) is 0 Å². The lowest BCUT2D eigenvalue weighted by Crippen LogP contribution is -1.85. The van der Waals surface area contributed by atoms with Gasteiger partial charge in [-0.3, -0.25) is 0 Å². The lowest BCUT2D eigenvalue weighted by atomic mass is 13.0. The molecule has 0 aromatic rings. The summed E-state index contributed by atoms with van der Waals surface area (Å²) >= 11 is 3.29. The van der Waals surface area contributed by atoms with E-state index in [1.807, 2.05) is 0 Å². The minimum atomic E-state index is 0.404. The van der Waals surface area contributed by atoms with Crippen LogP contribution in [0, 0.1) is 5.21 Å². The van der Waals surface area contributed by atoms with Crippen molar-refractivity contribution >= 4 is 23.2 Å². The Morgan fingerprint density at radius 2 is 2.20 bits per heavy atom. The maximum absolute atomic E-state index is 9.55. The molecule has 0 rings (SSSR count). The summed E-state index contributed by atoms with van der Waals surface area (Å²) in [5, 5.41) is 9.55. The van der Waals surface area contributed by atoms with E-state index >= 15 is 0 Å². The van der Waals surface area contributed by atoms with Gasteiger partial charge in [-0.25, -0.2) is 0 Å². The van der Waals surface area contributed by atoms with Gasteiger partial charge in [0.25, 0.3) is 0 Å². The van der Waals surface area contributed by atoms with E-state index in [4.69, 9.17) is 0 Å². The number of hydrogen-bond acceptors (Lipinski definition) is 2. The summed E-state index contributed by atoms with van der Waals surface area (Å²) in [4.78, 5) is 0. The second-order valence-electron chi connectivity index (χ2n) is 0.554. The second-order valence-corrected chi connectivity index (χ2v) is 1.50. The quantitative estimate of drug-likeness (QED) is 0.185. The van der Waals surface area contributed by atoms with Gasteiger partial charge in [0.1, 0.15) is 0 Å². The fraction of sp³-hybridized carbons (Fsp3) is 0. The van der Waals surface area contributed by atoms with Crippen LogP contribution in [0.5, 0.6) is 0 Å². The highest BCUT2D eigenvalue weighted by Gasteiger charge is 1.60. The van der Waals surface area contributed by atoms with E-state index in [0.29, 0.717) is 14.9 Å². The van der Waals surface area contributed by atoms with Crippen LogP contribution in [0.1, 0.15) is 0 Å². The molecule has 0 atom stereocenters. The average molecular weight is 108 g/mol. The van der Waals surface area contributed by atoms with Crippen molar-refractivity contribution in [2.45, 2.75) is 0 Å². The molecule has 0 aliphatic heterocycles. The molecule has 0 aromatic heterocycles. The van der Waals surface area contributed by atoms with Crippen LogP contribution in [0.2, 0.25) is 0 Å². The molecule has 0 radical (unpaired) electrons. The minimum Gasteiger partial charge on any atom is -0.621 e. The Kier molecular flexibility index (Phi) is 2.20. The molecule has 3 nitrogen and oxygen atoms in total. The predicted molar refractivity (Wildman–Crippen MR) is 25.0 cm³/mol. The molecule has 5 heavy (non-hydrogen) atoms. The first-order chi connectivity index (χ1) is 2.27. The highest BCUT2D eigenvalue weighted by atomic mass is 32.1. The molecule has 0 spiro atoms. The van der Waals surface area contributed by atoms with Crippen LogP contribution < -0.4 is 0 Å². The Morgan fingerprint density at radius 3 is 2.20 bits per heavy atom. The average Bonchev–Trinajstić information content (AvgIpc) is 1.38. The molecule has 0 N–H and O–H groups in total. The first kappa shape index (κ1) is 4.97. The normalized spacial score (nSPS) is 12.6. The molecule has 0 aromatic carbocycles. The van der Waals surface area contributed by atoms with E-state index < -0.39 is 0 Å². The third kappa shape index (κ3) is 3.97. The van der Waals surface area contributed by atoms with Crippen LogP contribution in [0.15, 0.2) is 4.52 Å². The van der Waals surface area contributed by atoms with E-state index in [1.165, 1.54) is 0 Å². The van der Waals surface area contributed by atoms with Gasteiger partial charge in [-0.05, 0) is 0 Å². The van der Waals surface area contributed by atoms with E-state index in [-0.39, 0.29) is 0 Å². The van der Waals surface area contributed by atoms with Crippen molar-refractivity contribution in [3.63, 3.8) is 0 Å². The van der Waals surface area contributed by atoms with Gasteiger partial charge in [0.2, 0.25) is 0 Å². The highest BCUT2D eigenvalue weighted by Crippen LogP contribution is 1.69. The van der Waals surface area contributed by atoms with E-state index in [0.717, 1.165) is 0 Å². The third-order valence-electron chi connectivity index (χ3n) is 0.126. The maximum Gasteiger partial charge on any atom is 0.355 e. The highest BCUT2D eigenvalue weighted by molar-refractivity contribution is 7.78. The topological polar surface area (TPSA) is 38.4 Å². The molecule has 0 bridgehead atoms. The van der Waals surface area contributed by atoms with Crippen LogP contribution in [0.3, 0.4) is 0 Å². The van der Waals surface area contributed by atoms with Crippen LogP contribution in [0.4, 0.5) is 0 Å². The first-order valence-corrected chi connectivity index (χ1v) is 2.32. The number of nitrogens with zero attached hydrogens (tertiary/aromatic N) is 2. The molecule has 0 fully saturated rings. The number of hydrogen-bond donors (Lipinski definition) is 1. The molecule has 5 heteroatoms. The lowest BCUT2D eigenvalue weighted by Gasteiger charge is -1.83. The van der Waals surface area contributed by atoms with Crippen molar-refractivity contribution < 1.29 is 4.53 Å². The summed E-state index contributed by atoms with van der Waals surface area (Å²) in [6.07, 6.45) is 0. The minimum absolute atomic E-state index is 0.404. The van der Waals surface area contributed by atoms with Gasteiger partial charge in [-0.1, -0.05) is 0 Å². The fourth-order valence-corrected chi connectivity index (χ4v) is 0. The molecular weight excluding hydrogens is 104 g/mol. The van der Waals surface area contributed by atoms with E-state index in [9.17, 15) is 5.21 Å². The second kappa shape index (κ2) is 2.22. The number of rotatable bonds is 0. The van der Waals surface area contributed by atoms with Crippen molar-refractivity contribution in [3.05, 3.63) is 5.21 Å². The van der Waals surface area contributed by atoms with Gasteiger partial charge in [0.05, 0.1) is 0 Å². The van der Waals surface area contributed by atoms with Crippen molar-refractivity contribution in [1.29, 1.82) is 0 Å². The zero-order valence-electron chi connectivity index (χ0n) is 2.75. The monoisotopic (exact) mass is 108 g/mol. The summed E-state index contributed by atoms with van der Waals surface area (Å²) in [7, 11) is 0.404. The van der Waals surface area contributed by atoms with E-state index in [2.05, 4.69) is 17.3 Å². The van der Waals surface area contributed by atoms with Crippen molar-refractivity contribution in [2.24, 2.45) is 4.52 Å². The summed E-state index contributed by atoms with van der Waals surface area (Å²) < 4.78 is 3.43. The largest absolute Gasteiger partial charge is 0.621 e. The first-order valence-electron chi connectivity index (χ1n) is 1.03. The summed E-state index contributed by atoms with van der Waals surface area (Å²) in [5.74, 6) is 0. The Balaban J connectivity index is 3.14. The number of thiol groups is 1. The van der Waals surface area contributed by atoms with Crippen LogP contribution in [0.25, 0.3) is 0 Å². The molecule has 0 heterocycles. The van der Waals surface area contributed by atoms with Crippen LogP contribution in [-0.2, 0) is 0 Å².